The third-order valence-corrected chi connectivity index (χ3v) is 5.70. The molecule has 3 rings (SSSR count). The van der Waals surface area contributed by atoms with Gasteiger partial charge in [0.15, 0.2) is 0 Å². The molecule has 186 valence electrons. The van der Waals surface area contributed by atoms with Crippen LogP contribution < -0.4 is 15.5 Å². The minimum Gasteiger partial charge on any atom is -0.481 e. The molecule has 12 heteroatoms. The molecule has 2 aliphatic heterocycles. The second-order valence-corrected chi connectivity index (χ2v) is 8.41. The van der Waals surface area contributed by atoms with E-state index in [2.05, 4.69) is 10.6 Å². The van der Waals surface area contributed by atoms with E-state index in [0.29, 0.717) is 11.8 Å². The van der Waals surface area contributed by atoms with Crippen LogP contribution in [-0.4, -0.2) is 83.2 Å². The van der Waals surface area contributed by atoms with Crippen molar-refractivity contribution in [3.8, 4) is 0 Å². The first-order chi connectivity index (χ1) is 16.6. The Kier molecular flexibility index (Phi) is 7.84. The van der Waals surface area contributed by atoms with Crippen molar-refractivity contribution >= 4 is 41.6 Å². The maximum atomic E-state index is 13.4. The molecule has 3 atom stereocenters. The lowest BCUT2D eigenvalue weighted by Crippen LogP contribution is -2.62. The summed E-state index contributed by atoms with van der Waals surface area (Å²) in [7, 11) is 3.72. The zero-order chi connectivity index (χ0) is 25.7. The molecule has 0 bridgehead atoms. The fourth-order valence-electron chi connectivity index (χ4n) is 3.84. The molecule has 0 aliphatic carbocycles. The van der Waals surface area contributed by atoms with Gasteiger partial charge >= 0.3 is 5.97 Å². The Morgan fingerprint density at radius 3 is 2.49 bits per heavy atom. The van der Waals surface area contributed by atoms with Gasteiger partial charge in [-0.25, -0.2) is 10.0 Å². The predicted octanol–water partition coefficient (Wildman–Crippen LogP) is -0.339. The van der Waals surface area contributed by atoms with Gasteiger partial charge in [-0.05, 0) is 37.1 Å². The molecule has 1 aromatic rings. The molecule has 0 unspecified atom stereocenters. The molecule has 0 spiro atoms. The van der Waals surface area contributed by atoms with Crippen LogP contribution in [0.5, 0.6) is 0 Å². The molecule has 4 amide bonds. The van der Waals surface area contributed by atoms with Gasteiger partial charge in [-0.15, -0.1) is 0 Å². The third-order valence-electron chi connectivity index (χ3n) is 5.70. The van der Waals surface area contributed by atoms with Gasteiger partial charge in [0.2, 0.25) is 11.8 Å². The molecule has 0 aromatic heterocycles. The van der Waals surface area contributed by atoms with E-state index in [1.165, 1.54) is 12.3 Å². The van der Waals surface area contributed by atoms with Crippen LogP contribution in [-0.2, 0) is 24.0 Å². The maximum Gasteiger partial charge on any atom is 0.305 e. The van der Waals surface area contributed by atoms with Crippen LogP contribution in [0, 0.1) is 0 Å². The van der Waals surface area contributed by atoms with Crippen molar-refractivity contribution in [2.45, 2.75) is 43.8 Å². The van der Waals surface area contributed by atoms with Gasteiger partial charge in [0.25, 0.3) is 11.8 Å². The quantitative estimate of drug-likeness (QED) is 0.422. The number of hydrazine groups is 1. The summed E-state index contributed by atoms with van der Waals surface area (Å²) in [6.45, 7) is 0. The SMILES string of the molecule is CN(C)c1ccc(C(=O)N[C@H]2CCC(=O)N3C=CC[C@@H](C(=O)N[C@H](C=O)CC(=O)O)N3C2=O)cc1. The molecule has 1 fully saturated rings. The number of nitrogens with zero attached hydrogens (tertiary/aromatic N) is 3. The van der Waals surface area contributed by atoms with Crippen LogP contribution in [0.15, 0.2) is 36.5 Å². The van der Waals surface area contributed by atoms with Crippen LogP contribution in [0.1, 0.15) is 36.0 Å². The number of benzene rings is 1. The van der Waals surface area contributed by atoms with Gasteiger partial charge in [0.1, 0.15) is 18.4 Å². The summed E-state index contributed by atoms with van der Waals surface area (Å²) in [4.78, 5) is 75.8. The van der Waals surface area contributed by atoms with E-state index in [-0.39, 0.29) is 19.3 Å². The summed E-state index contributed by atoms with van der Waals surface area (Å²) in [6, 6.07) is 3.17. The van der Waals surface area contributed by atoms with Crippen molar-refractivity contribution in [1.82, 2.24) is 20.7 Å². The summed E-state index contributed by atoms with van der Waals surface area (Å²) in [5, 5.41) is 15.9. The Morgan fingerprint density at radius 2 is 1.89 bits per heavy atom. The van der Waals surface area contributed by atoms with Gasteiger partial charge in [-0.1, -0.05) is 6.08 Å². The summed E-state index contributed by atoms with van der Waals surface area (Å²) in [5.74, 6) is -3.69. The molecule has 1 aromatic carbocycles. The van der Waals surface area contributed by atoms with E-state index in [1.54, 1.807) is 24.3 Å². The molecule has 12 nitrogen and oxygen atoms in total. The van der Waals surface area contributed by atoms with E-state index in [0.717, 1.165) is 15.7 Å². The number of fused-ring (bicyclic) bond motifs is 1. The minimum atomic E-state index is -1.29. The number of anilines is 1. The van der Waals surface area contributed by atoms with Gasteiger partial charge in [0.05, 0.1) is 12.5 Å². The van der Waals surface area contributed by atoms with Crippen LogP contribution >= 0.6 is 0 Å². The largest absolute Gasteiger partial charge is 0.481 e. The number of carbonyl (C=O) groups excluding carboxylic acids is 5. The monoisotopic (exact) mass is 485 g/mol. The van der Waals surface area contributed by atoms with Gasteiger partial charge in [0, 0.05) is 38.0 Å². The molecule has 2 heterocycles. The van der Waals surface area contributed by atoms with E-state index >= 15 is 0 Å². The van der Waals surface area contributed by atoms with E-state index < -0.39 is 54.1 Å². The summed E-state index contributed by atoms with van der Waals surface area (Å²) < 4.78 is 0. The zero-order valence-electron chi connectivity index (χ0n) is 19.3. The van der Waals surface area contributed by atoms with Crippen LogP contribution in [0.3, 0.4) is 0 Å². The second kappa shape index (κ2) is 10.8. The Balaban J connectivity index is 1.80. The Morgan fingerprint density at radius 1 is 1.20 bits per heavy atom. The third kappa shape index (κ3) is 5.83. The molecule has 1 saturated heterocycles. The Bertz CT molecular complexity index is 1050. The van der Waals surface area contributed by atoms with Crippen molar-refractivity contribution in [2.75, 3.05) is 19.0 Å². The lowest BCUT2D eigenvalue weighted by molar-refractivity contribution is -0.166. The van der Waals surface area contributed by atoms with Crippen molar-refractivity contribution in [2.24, 2.45) is 0 Å². The normalized spacial score (nSPS) is 20.4. The smallest absolute Gasteiger partial charge is 0.305 e. The molecular formula is C23H27N5O7. The van der Waals surface area contributed by atoms with Crippen molar-refractivity contribution in [1.29, 1.82) is 0 Å². The molecule has 35 heavy (non-hydrogen) atoms. The number of amides is 4. The number of aliphatic carboxylic acids is 1. The molecule has 2 aliphatic rings. The minimum absolute atomic E-state index is 0.0321. The van der Waals surface area contributed by atoms with Gasteiger partial charge in [-0.3, -0.25) is 24.0 Å². The number of carbonyl (C=O) groups is 6. The Labute approximate surface area is 201 Å². The first kappa shape index (κ1) is 25.4. The van der Waals surface area contributed by atoms with Crippen LogP contribution in [0.25, 0.3) is 0 Å². The molecule has 3 N–H and O–H groups in total. The Hall–Kier alpha value is -4.22. The number of carboxylic acids is 1. The topological polar surface area (TPSA) is 156 Å². The van der Waals surface area contributed by atoms with Gasteiger partial charge < -0.3 is 25.4 Å². The first-order valence-corrected chi connectivity index (χ1v) is 11.0. The summed E-state index contributed by atoms with van der Waals surface area (Å²) in [5.41, 5.74) is 1.21. The second-order valence-electron chi connectivity index (χ2n) is 8.41. The lowest BCUT2D eigenvalue weighted by atomic mass is 10.1. The average Bonchev–Trinajstić information content (AvgIpc) is 2.95. The highest BCUT2D eigenvalue weighted by molar-refractivity contribution is 6.00. The van der Waals surface area contributed by atoms with E-state index in [4.69, 9.17) is 5.11 Å². The number of rotatable bonds is 8. The highest BCUT2D eigenvalue weighted by Crippen LogP contribution is 2.24. The number of carboxylic acid groups (broad SMARTS) is 1. The van der Waals surface area contributed by atoms with Gasteiger partial charge in [-0.2, -0.15) is 0 Å². The van der Waals surface area contributed by atoms with Crippen LogP contribution in [0.2, 0.25) is 0 Å². The number of nitrogens with one attached hydrogen (secondary N) is 2. The number of hydrogen-bond donors (Lipinski definition) is 3. The maximum absolute atomic E-state index is 13.4. The highest BCUT2D eigenvalue weighted by atomic mass is 16.4. The summed E-state index contributed by atoms with van der Waals surface area (Å²) >= 11 is 0. The molecular weight excluding hydrogens is 458 g/mol. The zero-order valence-corrected chi connectivity index (χ0v) is 19.3. The lowest BCUT2D eigenvalue weighted by Gasteiger charge is -2.39. The molecule has 0 saturated carbocycles. The average molecular weight is 485 g/mol. The summed E-state index contributed by atoms with van der Waals surface area (Å²) in [6.07, 6.45) is 2.59. The first-order valence-electron chi connectivity index (χ1n) is 11.0. The predicted molar refractivity (Wildman–Crippen MR) is 123 cm³/mol. The van der Waals surface area contributed by atoms with E-state index in [1.807, 2.05) is 19.0 Å². The van der Waals surface area contributed by atoms with Crippen molar-refractivity contribution in [3.63, 3.8) is 0 Å². The number of aldehydes is 1. The highest BCUT2D eigenvalue weighted by Gasteiger charge is 2.43. The van der Waals surface area contributed by atoms with Crippen LogP contribution in [0.4, 0.5) is 5.69 Å². The fraction of sp³-hybridized carbons (Fsp3) is 0.391. The number of hydrogen-bond acceptors (Lipinski definition) is 7. The van der Waals surface area contributed by atoms with E-state index in [9.17, 15) is 28.8 Å². The van der Waals surface area contributed by atoms with Crippen molar-refractivity contribution in [3.05, 3.63) is 42.1 Å². The molecule has 0 radical (unpaired) electrons. The van der Waals surface area contributed by atoms with Crippen molar-refractivity contribution < 1.29 is 33.9 Å². The fourth-order valence-corrected chi connectivity index (χ4v) is 3.84. The standard InChI is InChI=1S/C23H27N5O7/c1-26(2)16-7-5-14(6-8-16)21(33)25-17-9-10-19(30)27-11-3-4-18(28(27)23(17)35)22(34)24-15(13-29)12-20(31)32/h3,5-8,11,13,15,17-18H,4,9-10,12H2,1-2H3,(H,24,34)(H,25,33)(H,31,32)/t15-,17-,18-/m0/s1.